The Morgan fingerprint density at radius 2 is 1.02 bits per heavy atom. The van der Waals surface area contributed by atoms with Crippen LogP contribution in [0.2, 0.25) is 0 Å². The second kappa shape index (κ2) is 12.7. The molecule has 5 heteroatoms. The molecule has 60 heavy (non-hydrogen) atoms. The SMILES string of the molecule is c1ccc(-c2nc(-c3ccc4c(c3-c3ccc(-c5ccc6ccccc6c5)cc3)c3cccc5c6ccccc6n4c53)nc(-c3cccc4c3oc3ccccc34)n2)cc1. The van der Waals surface area contributed by atoms with E-state index in [-0.39, 0.29) is 0 Å². The lowest BCUT2D eigenvalue weighted by atomic mass is 9.91. The molecule has 0 atom stereocenters. The first-order valence-electron chi connectivity index (χ1n) is 20.3. The zero-order valence-corrected chi connectivity index (χ0v) is 32.2. The van der Waals surface area contributed by atoms with Crippen LogP contribution in [0.5, 0.6) is 0 Å². The molecule has 0 radical (unpaired) electrons. The lowest BCUT2D eigenvalue weighted by molar-refractivity contribution is 0.669. The molecule has 0 saturated carbocycles. The Balaban J connectivity index is 1.10. The molecule has 9 aromatic carbocycles. The van der Waals surface area contributed by atoms with Gasteiger partial charge in [-0.25, -0.2) is 15.0 Å². The third-order valence-corrected chi connectivity index (χ3v) is 12.2. The zero-order valence-electron chi connectivity index (χ0n) is 32.2. The monoisotopic (exact) mass is 764 g/mol. The Kier molecular flexibility index (Phi) is 6.95. The van der Waals surface area contributed by atoms with Crippen LogP contribution in [0.4, 0.5) is 0 Å². The van der Waals surface area contributed by atoms with Crippen molar-refractivity contribution in [2.75, 3.05) is 0 Å². The second-order valence-corrected chi connectivity index (χ2v) is 15.5. The fourth-order valence-electron chi connectivity index (χ4n) is 9.46. The van der Waals surface area contributed by atoms with Crippen molar-refractivity contribution in [1.82, 2.24) is 19.4 Å². The summed E-state index contributed by atoms with van der Waals surface area (Å²) in [5, 5.41) is 9.40. The number of para-hydroxylation sites is 4. The van der Waals surface area contributed by atoms with E-state index in [9.17, 15) is 0 Å². The maximum atomic E-state index is 6.55. The molecule has 13 aromatic rings. The van der Waals surface area contributed by atoms with Gasteiger partial charge in [0.15, 0.2) is 17.5 Å². The van der Waals surface area contributed by atoms with Crippen molar-refractivity contribution in [3.8, 4) is 56.4 Å². The van der Waals surface area contributed by atoms with Gasteiger partial charge in [-0.15, -0.1) is 0 Å². The van der Waals surface area contributed by atoms with Crippen LogP contribution in [-0.4, -0.2) is 19.4 Å². The number of rotatable bonds is 5. The zero-order chi connectivity index (χ0) is 39.3. The van der Waals surface area contributed by atoms with Crippen LogP contribution in [0.1, 0.15) is 0 Å². The first-order chi connectivity index (χ1) is 29.7. The Morgan fingerprint density at radius 1 is 0.367 bits per heavy atom. The van der Waals surface area contributed by atoms with E-state index in [2.05, 4.69) is 156 Å². The number of benzene rings is 9. The minimum Gasteiger partial charge on any atom is -0.455 e. The summed E-state index contributed by atoms with van der Waals surface area (Å²) in [6.07, 6.45) is 0. The van der Waals surface area contributed by atoms with Crippen LogP contribution in [0.25, 0.3) is 127 Å². The Hall–Kier alpha value is -8.15. The van der Waals surface area contributed by atoms with Crippen LogP contribution < -0.4 is 0 Å². The van der Waals surface area contributed by atoms with Crippen LogP contribution >= 0.6 is 0 Å². The minimum atomic E-state index is 0.556. The van der Waals surface area contributed by atoms with Gasteiger partial charge < -0.3 is 8.82 Å². The van der Waals surface area contributed by atoms with E-state index in [1.807, 2.05) is 42.5 Å². The third-order valence-electron chi connectivity index (χ3n) is 12.2. The Labute approximate surface area is 343 Å². The highest BCUT2D eigenvalue weighted by molar-refractivity contribution is 6.27. The van der Waals surface area contributed by atoms with Gasteiger partial charge >= 0.3 is 0 Å². The lowest BCUT2D eigenvalue weighted by Crippen LogP contribution is -2.01. The third kappa shape index (κ3) is 4.84. The van der Waals surface area contributed by atoms with Crippen molar-refractivity contribution in [3.05, 3.63) is 194 Å². The van der Waals surface area contributed by atoms with Gasteiger partial charge in [0.25, 0.3) is 0 Å². The molecule has 5 nitrogen and oxygen atoms in total. The van der Waals surface area contributed by atoms with E-state index in [4.69, 9.17) is 19.4 Å². The smallest absolute Gasteiger partial charge is 0.167 e. The minimum absolute atomic E-state index is 0.556. The van der Waals surface area contributed by atoms with E-state index in [1.165, 1.54) is 48.9 Å². The summed E-state index contributed by atoms with van der Waals surface area (Å²) in [7, 11) is 0. The van der Waals surface area contributed by atoms with Gasteiger partial charge in [0, 0.05) is 49.0 Å². The maximum Gasteiger partial charge on any atom is 0.167 e. The van der Waals surface area contributed by atoms with Crippen molar-refractivity contribution >= 4 is 70.8 Å². The molecule has 0 fully saturated rings. The molecular weight excluding hydrogens is 733 g/mol. The summed E-state index contributed by atoms with van der Waals surface area (Å²) in [4.78, 5) is 15.8. The van der Waals surface area contributed by atoms with E-state index >= 15 is 0 Å². The van der Waals surface area contributed by atoms with Gasteiger partial charge in [0.05, 0.1) is 22.1 Å². The maximum absolute atomic E-state index is 6.55. The average molecular weight is 765 g/mol. The van der Waals surface area contributed by atoms with Crippen molar-refractivity contribution in [3.63, 3.8) is 0 Å². The highest BCUT2D eigenvalue weighted by Crippen LogP contribution is 2.46. The van der Waals surface area contributed by atoms with E-state index in [0.717, 1.165) is 60.8 Å². The van der Waals surface area contributed by atoms with Crippen LogP contribution in [0.3, 0.4) is 0 Å². The summed E-state index contributed by atoms with van der Waals surface area (Å²) in [6.45, 7) is 0. The number of fused-ring (bicyclic) bond motifs is 10. The van der Waals surface area contributed by atoms with Crippen molar-refractivity contribution in [2.45, 2.75) is 0 Å². The lowest BCUT2D eigenvalue weighted by Gasteiger charge is -2.15. The van der Waals surface area contributed by atoms with Gasteiger partial charge in [-0.3, -0.25) is 0 Å². The Morgan fingerprint density at radius 3 is 1.90 bits per heavy atom. The molecule has 0 N–H and O–H groups in total. The standard InChI is InChI=1S/C55H32N4O/c1-2-13-36(14-3-1)53-56-54(58-55(57-53)45-21-11-19-42-40-17-7-9-23-48(40)60-52(42)45)44-30-31-47-50(43-20-10-18-41-39-16-6-8-22-46(39)59(47)51(41)43)49(44)35-27-24-34(25-28-35)38-29-26-33-12-4-5-15-37(33)32-38/h1-32H. The Bertz CT molecular complexity index is 3830. The average Bonchev–Trinajstić information content (AvgIpc) is 3.99. The highest BCUT2D eigenvalue weighted by Gasteiger charge is 2.25. The number of hydrogen-bond donors (Lipinski definition) is 0. The molecule has 278 valence electrons. The molecule has 4 aromatic heterocycles. The van der Waals surface area contributed by atoms with Crippen molar-refractivity contribution in [2.24, 2.45) is 0 Å². The van der Waals surface area contributed by atoms with Gasteiger partial charge in [0.1, 0.15) is 11.2 Å². The largest absolute Gasteiger partial charge is 0.455 e. The van der Waals surface area contributed by atoms with Gasteiger partial charge in [-0.05, 0) is 63.9 Å². The second-order valence-electron chi connectivity index (χ2n) is 15.5. The molecule has 0 amide bonds. The summed E-state index contributed by atoms with van der Waals surface area (Å²) in [5.41, 5.74) is 12.3. The summed E-state index contributed by atoms with van der Waals surface area (Å²) in [6, 6.07) is 68.6. The molecular formula is C55H32N4O. The van der Waals surface area contributed by atoms with Crippen LogP contribution in [0, 0.1) is 0 Å². The topological polar surface area (TPSA) is 56.2 Å². The van der Waals surface area contributed by atoms with E-state index < -0.39 is 0 Å². The first kappa shape index (κ1) is 32.9. The first-order valence-corrected chi connectivity index (χ1v) is 20.3. The van der Waals surface area contributed by atoms with Gasteiger partial charge in [-0.2, -0.15) is 0 Å². The molecule has 0 bridgehead atoms. The number of hydrogen-bond acceptors (Lipinski definition) is 4. The number of aromatic nitrogens is 4. The van der Waals surface area contributed by atoms with Crippen molar-refractivity contribution < 1.29 is 4.42 Å². The summed E-state index contributed by atoms with van der Waals surface area (Å²) >= 11 is 0. The molecule has 0 aliphatic carbocycles. The molecule has 0 spiro atoms. The van der Waals surface area contributed by atoms with E-state index in [0.29, 0.717) is 17.5 Å². The highest BCUT2D eigenvalue weighted by atomic mass is 16.3. The van der Waals surface area contributed by atoms with E-state index in [1.54, 1.807) is 0 Å². The van der Waals surface area contributed by atoms with Crippen molar-refractivity contribution in [1.29, 1.82) is 0 Å². The quantitative estimate of drug-likeness (QED) is 0.175. The number of nitrogens with zero attached hydrogens (tertiary/aromatic N) is 4. The molecule has 0 unspecified atom stereocenters. The molecule has 13 rings (SSSR count). The van der Waals surface area contributed by atoms with Crippen LogP contribution in [0.15, 0.2) is 199 Å². The molecule has 0 aliphatic heterocycles. The van der Waals surface area contributed by atoms with Gasteiger partial charge in [0.2, 0.25) is 0 Å². The summed E-state index contributed by atoms with van der Waals surface area (Å²) in [5.74, 6) is 1.75. The van der Waals surface area contributed by atoms with Crippen LogP contribution in [-0.2, 0) is 0 Å². The number of furan rings is 1. The predicted octanol–water partition coefficient (Wildman–Crippen LogP) is 14.4. The predicted molar refractivity (Wildman–Crippen MR) is 246 cm³/mol. The molecule has 4 heterocycles. The molecule has 0 aliphatic rings. The molecule has 0 saturated heterocycles. The fraction of sp³-hybridized carbons (Fsp3) is 0. The normalized spacial score (nSPS) is 12.0. The van der Waals surface area contributed by atoms with Gasteiger partial charge in [-0.1, -0.05) is 158 Å². The fourth-order valence-corrected chi connectivity index (χ4v) is 9.46. The summed E-state index contributed by atoms with van der Waals surface area (Å²) < 4.78 is 8.98.